The fourth-order valence-corrected chi connectivity index (χ4v) is 2.60. The van der Waals surface area contributed by atoms with E-state index < -0.39 is 0 Å². The van der Waals surface area contributed by atoms with E-state index in [1.165, 1.54) is 0 Å². The predicted molar refractivity (Wildman–Crippen MR) is 70.9 cm³/mol. The van der Waals surface area contributed by atoms with Crippen molar-refractivity contribution in [3.63, 3.8) is 0 Å². The van der Waals surface area contributed by atoms with Crippen molar-refractivity contribution in [3.05, 3.63) is 39.2 Å². The number of fused-ring (bicyclic) bond motifs is 1. The Labute approximate surface area is 107 Å². The monoisotopic (exact) mass is 262 g/mol. The van der Waals surface area contributed by atoms with Crippen LogP contribution < -0.4 is 0 Å². The van der Waals surface area contributed by atoms with Gasteiger partial charge in [0.25, 0.3) is 0 Å². The first-order valence-corrected chi connectivity index (χ1v) is 6.47. The van der Waals surface area contributed by atoms with Crippen LogP contribution in [0.5, 0.6) is 0 Å². The minimum Gasteiger partial charge on any atom is -0.329 e. The van der Waals surface area contributed by atoms with Crippen molar-refractivity contribution in [2.75, 3.05) is 0 Å². The highest BCUT2D eigenvalue weighted by molar-refractivity contribution is 7.71. The van der Waals surface area contributed by atoms with Crippen molar-refractivity contribution in [1.82, 2.24) is 19.5 Å². The molecule has 0 aromatic carbocycles. The summed E-state index contributed by atoms with van der Waals surface area (Å²) in [6.07, 6.45) is 1.80. The van der Waals surface area contributed by atoms with E-state index in [0.717, 1.165) is 21.9 Å². The van der Waals surface area contributed by atoms with Crippen LogP contribution in [0.1, 0.15) is 10.7 Å². The molecule has 0 aliphatic heterocycles. The van der Waals surface area contributed by atoms with Gasteiger partial charge in [-0.05, 0) is 31.3 Å². The Balaban J connectivity index is 2.17. The van der Waals surface area contributed by atoms with Gasteiger partial charge in [-0.15, -0.1) is 11.3 Å². The lowest BCUT2D eigenvalue weighted by Crippen LogP contribution is -2.00. The number of aromatic amines is 1. The van der Waals surface area contributed by atoms with Gasteiger partial charge in [0.15, 0.2) is 10.4 Å². The molecule has 3 rings (SSSR count). The van der Waals surface area contributed by atoms with E-state index in [1.807, 2.05) is 29.0 Å². The molecule has 0 saturated heterocycles. The Bertz CT molecular complexity index is 709. The summed E-state index contributed by atoms with van der Waals surface area (Å²) < 4.78 is 2.67. The molecule has 17 heavy (non-hydrogen) atoms. The van der Waals surface area contributed by atoms with Gasteiger partial charge in [0, 0.05) is 17.3 Å². The number of nitrogens with one attached hydrogen (secondary N) is 1. The normalized spacial score (nSPS) is 11.1. The number of H-pyrrole nitrogens is 1. The van der Waals surface area contributed by atoms with Crippen LogP contribution in [0.25, 0.3) is 11.2 Å². The van der Waals surface area contributed by atoms with Gasteiger partial charge in [0.2, 0.25) is 0 Å². The third kappa shape index (κ3) is 1.89. The Hall–Kier alpha value is -1.53. The summed E-state index contributed by atoms with van der Waals surface area (Å²) in [6, 6.07) is 3.98. The Morgan fingerprint density at radius 3 is 3.12 bits per heavy atom. The number of hydrogen-bond acceptors (Lipinski definition) is 4. The van der Waals surface area contributed by atoms with E-state index >= 15 is 0 Å². The van der Waals surface area contributed by atoms with Gasteiger partial charge in [0.1, 0.15) is 5.01 Å². The summed E-state index contributed by atoms with van der Waals surface area (Å²) >= 11 is 6.94. The van der Waals surface area contributed by atoms with E-state index in [9.17, 15) is 0 Å². The van der Waals surface area contributed by atoms with Gasteiger partial charge in [-0.25, -0.2) is 9.97 Å². The van der Waals surface area contributed by atoms with Crippen molar-refractivity contribution in [3.8, 4) is 0 Å². The molecule has 0 aliphatic carbocycles. The van der Waals surface area contributed by atoms with Gasteiger partial charge >= 0.3 is 0 Å². The number of rotatable bonds is 2. The first kappa shape index (κ1) is 10.6. The van der Waals surface area contributed by atoms with Crippen molar-refractivity contribution >= 4 is 34.7 Å². The van der Waals surface area contributed by atoms with E-state index in [1.54, 1.807) is 17.5 Å². The molecule has 6 heteroatoms. The Kier molecular flexibility index (Phi) is 2.53. The Morgan fingerprint density at radius 2 is 2.35 bits per heavy atom. The second kappa shape index (κ2) is 4.05. The van der Waals surface area contributed by atoms with E-state index in [2.05, 4.69) is 15.0 Å². The third-order valence-corrected chi connectivity index (χ3v) is 3.62. The van der Waals surface area contributed by atoms with Crippen LogP contribution in [0.15, 0.2) is 23.7 Å². The highest BCUT2D eigenvalue weighted by Gasteiger charge is 2.07. The minimum atomic E-state index is 0.674. The zero-order valence-corrected chi connectivity index (χ0v) is 10.8. The molecule has 0 saturated carbocycles. The summed E-state index contributed by atoms with van der Waals surface area (Å²) in [5.74, 6) is 0. The highest BCUT2D eigenvalue weighted by Crippen LogP contribution is 2.15. The lowest BCUT2D eigenvalue weighted by Gasteiger charge is -2.01. The molecule has 0 spiro atoms. The van der Waals surface area contributed by atoms with E-state index in [4.69, 9.17) is 12.2 Å². The molecule has 3 aromatic heterocycles. The molecule has 3 heterocycles. The first-order valence-electron chi connectivity index (χ1n) is 5.18. The number of aryl methyl sites for hydroxylation is 1. The summed E-state index contributed by atoms with van der Waals surface area (Å²) in [4.78, 5) is 11.9. The van der Waals surface area contributed by atoms with Gasteiger partial charge in [-0.2, -0.15) is 0 Å². The number of pyridine rings is 1. The maximum absolute atomic E-state index is 5.31. The molecule has 0 aliphatic rings. The summed E-state index contributed by atoms with van der Waals surface area (Å²) in [7, 11) is 0. The number of hydrogen-bond donors (Lipinski definition) is 1. The smallest absolute Gasteiger partial charge is 0.179 e. The van der Waals surface area contributed by atoms with Gasteiger partial charge in [-0.1, -0.05) is 0 Å². The molecular formula is C11H10N4S2. The first-order chi connectivity index (χ1) is 8.24. The summed E-state index contributed by atoms with van der Waals surface area (Å²) in [6.45, 7) is 2.65. The van der Waals surface area contributed by atoms with Crippen LogP contribution in [0.3, 0.4) is 0 Å². The molecule has 1 N–H and O–H groups in total. The lowest BCUT2D eigenvalue weighted by molar-refractivity contribution is 0.792. The molecule has 0 amide bonds. The molecule has 0 bridgehead atoms. The predicted octanol–water partition coefficient (Wildman–Crippen LogP) is 2.91. The highest BCUT2D eigenvalue weighted by atomic mass is 32.1. The second-order valence-electron chi connectivity index (χ2n) is 3.77. The number of nitrogens with zero attached hydrogens (tertiary/aromatic N) is 3. The van der Waals surface area contributed by atoms with Crippen molar-refractivity contribution in [2.45, 2.75) is 13.5 Å². The Morgan fingerprint density at radius 1 is 1.47 bits per heavy atom. The van der Waals surface area contributed by atoms with Crippen LogP contribution in [-0.4, -0.2) is 19.5 Å². The molecular weight excluding hydrogens is 252 g/mol. The standard InChI is InChI=1S/C11H10N4S2/c1-7-2-3-8-10(13-7)15(11(16)14-8)6-9-12-4-5-17-9/h2-5H,6H2,1H3,(H,14,16). The molecule has 0 radical (unpaired) electrons. The van der Waals surface area contributed by atoms with Crippen molar-refractivity contribution in [2.24, 2.45) is 0 Å². The molecule has 0 fully saturated rings. The fourth-order valence-electron chi connectivity index (χ4n) is 1.74. The van der Waals surface area contributed by atoms with Gasteiger partial charge < -0.3 is 4.98 Å². The molecule has 0 atom stereocenters. The summed E-state index contributed by atoms with van der Waals surface area (Å²) in [5.41, 5.74) is 2.85. The van der Waals surface area contributed by atoms with Gasteiger partial charge in [0.05, 0.1) is 12.1 Å². The fraction of sp³-hybridized carbons (Fsp3) is 0.182. The quantitative estimate of drug-likeness (QED) is 0.722. The van der Waals surface area contributed by atoms with E-state index in [0.29, 0.717) is 11.3 Å². The number of imidazole rings is 1. The number of thiazole rings is 1. The van der Waals surface area contributed by atoms with Crippen LogP contribution in [-0.2, 0) is 6.54 Å². The third-order valence-electron chi connectivity index (χ3n) is 2.53. The number of aromatic nitrogens is 4. The second-order valence-corrected chi connectivity index (χ2v) is 5.13. The minimum absolute atomic E-state index is 0.674. The zero-order valence-electron chi connectivity index (χ0n) is 9.17. The maximum atomic E-state index is 5.31. The maximum Gasteiger partial charge on any atom is 0.179 e. The SMILES string of the molecule is Cc1ccc2[nH]c(=S)n(Cc3nccs3)c2n1. The van der Waals surface area contributed by atoms with Crippen LogP contribution >= 0.6 is 23.6 Å². The largest absolute Gasteiger partial charge is 0.329 e. The molecule has 86 valence electrons. The van der Waals surface area contributed by atoms with Gasteiger partial charge in [-0.3, -0.25) is 4.57 Å². The van der Waals surface area contributed by atoms with Crippen molar-refractivity contribution in [1.29, 1.82) is 0 Å². The van der Waals surface area contributed by atoms with Crippen LogP contribution in [0, 0.1) is 11.7 Å². The average Bonchev–Trinajstić information content (AvgIpc) is 2.90. The average molecular weight is 262 g/mol. The van der Waals surface area contributed by atoms with Crippen molar-refractivity contribution < 1.29 is 0 Å². The molecule has 4 nitrogen and oxygen atoms in total. The zero-order chi connectivity index (χ0) is 11.8. The summed E-state index contributed by atoms with van der Waals surface area (Å²) in [5, 5.41) is 3.00. The van der Waals surface area contributed by atoms with Crippen LogP contribution in [0.2, 0.25) is 0 Å². The molecule has 0 unspecified atom stereocenters. The van der Waals surface area contributed by atoms with Crippen LogP contribution in [0.4, 0.5) is 0 Å². The topological polar surface area (TPSA) is 46.5 Å². The molecule has 3 aromatic rings. The lowest BCUT2D eigenvalue weighted by atomic mass is 10.3. The van der Waals surface area contributed by atoms with E-state index in [-0.39, 0.29) is 0 Å².